The molecule has 1 saturated carbocycles. The van der Waals surface area contributed by atoms with Crippen molar-refractivity contribution in [3.8, 4) is 0 Å². The summed E-state index contributed by atoms with van der Waals surface area (Å²) in [4.78, 5) is 18.8. The van der Waals surface area contributed by atoms with Crippen LogP contribution in [0, 0.1) is 0 Å². The summed E-state index contributed by atoms with van der Waals surface area (Å²) in [6.45, 7) is 5.13. The highest BCUT2D eigenvalue weighted by molar-refractivity contribution is 5.78. The number of likely N-dealkylation sites (N-methyl/N-ethyl adjacent to an activating group) is 2. The molecule has 3 fully saturated rings. The zero-order valence-electron chi connectivity index (χ0n) is 14.2. The van der Waals surface area contributed by atoms with Crippen LogP contribution in [0.4, 0.5) is 0 Å². The van der Waals surface area contributed by atoms with E-state index in [0.717, 1.165) is 39.1 Å². The quantitative estimate of drug-likeness (QED) is 0.781. The fourth-order valence-electron chi connectivity index (χ4n) is 4.21. The maximum absolute atomic E-state index is 12.4. The van der Waals surface area contributed by atoms with E-state index in [9.17, 15) is 4.79 Å². The molecule has 3 rings (SSSR count). The van der Waals surface area contributed by atoms with E-state index in [1.807, 2.05) is 4.90 Å². The summed E-state index contributed by atoms with van der Waals surface area (Å²) in [5, 5.41) is 0. The number of rotatable bonds is 4. The van der Waals surface area contributed by atoms with Crippen molar-refractivity contribution >= 4 is 5.91 Å². The average Bonchev–Trinajstić information content (AvgIpc) is 3.10. The Balaban J connectivity index is 1.41. The zero-order chi connectivity index (χ0) is 15.6. The molecule has 5 heteroatoms. The van der Waals surface area contributed by atoms with Crippen molar-refractivity contribution in [1.82, 2.24) is 14.7 Å². The fourth-order valence-corrected chi connectivity index (χ4v) is 4.21. The molecule has 0 aromatic carbocycles. The summed E-state index contributed by atoms with van der Waals surface area (Å²) < 4.78 is 6.35. The number of carbonyl (C=O) groups excluding carboxylic acids is 1. The number of amides is 1. The van der Waals surface area contributed by atoms with Crippen molar-refractivity contribution in [3.05, 3.63) is 0 Å². The number of carbonyl (C=O) groups is 1. The Bertz CT molecular complexity index is 387. The highest BCUT2D eigenvalue weighted by Crippen LogP contribution is 2.43. The van der Waals surface area contributed by atoms with E-state index in [1.54, 1.807) is 0 Å². The largest absolute Gasteiger partial charge is 0.370 e. The predicted octanol–water partition coefficient (Wildman–Crippen LogP) is 1.18. The first-order valence-electron chi connectivity index (χ1n) is 8.89. The Morgan fingerprint density at radius 1 is 1.18 bits per heavy atom. The summed E-state index contributed by atoms with van der Waals surface area (Å²) in [6.07, 6.45) is 7.84. The van der Waals surface area contributed by atoms with Crippen LogP contribution in [-0.4, -0.2) is 85.7 Å². The molecule has 1 spiro atoms. The second-order valence-corrected chi connectivity index (χ2v) is 7.55. The first-order chi connectivity index (χ1) is 10.6. The lowest BCUT2D eigenvalue weighted by molar-refractivity contribution is -0.134. The molecular weight excluding hydrogens is 278 g/mol. The number of nitrogens with zero attached hydrogens (tertiary/aromatic N) is 3. The monoisotopic (exact) mass is 309 g/mol. The molecule has 22 heavy (non-hydrogen) atoms. The molecule has 0 aromatic heterocycles. The first-order valence-corrected chi connectivity index (χ1v) is 8.89. The zero-order valence-corrected chi connectivity index (χ0v) is 14.2. The minimum absolute atomic E-state index is 0.201. The second kappa shape index (κ2) is 6.85. The molecule has 1 aliphatic carbocycles. The van der Waals surface area contributed by atoms with Crippen LogP contribution in [0.1, 0.15) is 38.5 Å². The average molecular weight is 309 g/mol. The van der Waals surface area contributed by atoms with Gasteiger partial charge in [-0.3, -0.25) is 9.69 Å². The van der Waals surface area contributed by atoms with Gasteiger partial charge < -0.3 is 14.5 Å². The molecule has 126 valence electrons. The Hall–Kier alpha value is -0.650. The summed E-state index contributed by atoms with van der Waals surface area (Å²) in [5.74, 6) is 0.268. The van der Waals surface area contributed by atoms with E-state index in [0.29, 0.717) is 12.6 Å². The Kier molecular flexibility index (Phi) is 5.05. The van der Waals surface area contributed by atoms with Crippen molar-refractivity contribution < 1.29 is 9.53 Å². The lowest BCUT2D eigenvalue weighted by Crippen LogP contribution is -2.50. The van der Waals surface area contributed by atoms with Gasteiger partial charge in [0, 0.05) is 32.7 Å². The summed E-state index contributed by atoms with van der Waals surface area (Å²) >= 11 is 0. The highest BCUT2D eigenvalue weighted by atomic mass is 16.5. The Morgan fingerprint density at radius 3 is 2.55 bits per heavy atom. The van der Waals surface area contributed by atoms with Crippen LogP contribution in [0.5, 0.6) is 0 Å². The van der Waals surface area contributed by atoms with Gasteiger partial charge in [-0.05, 0) is 39.8 Å². The minimum atomic E-state index is 0.201. The minimum Gasteiger partial charge on any atom is -0.370 e. The molecule has 0 radical (unpaired) electrons. The van der Waals surface area contributed by atoms with E-state index in [1.165, 1.54) is 32.1 Å². The molecule has 3 aliphatic rings. The maximum Gasteiger partial charge on any atom is 0.236 e. The molecular formula is C17H31N3O2. The van der Waals surface area contributed by atoms with E-state index in [-0.39, 0.29) is 11.5 Å². The van der Waals surface area contributed by atoms with Crippen molar-refractivity contribution in [1.29, 1.82) is 0 Å². The van der Waals surface area contributed by atoms with Gasteiger partial charge in [0.25, 0.3) is 0 Å². The van der Waals surface area contributed by atoms with E-state index < -0.39 is 0 Å². The molecule has 0 N–H and O–H groups in total. The number of hydrogen-bond donors (Lipinski definition) is 0. The van der Waals surface area contributed by atoms with Crippen molar-refractivity contribution in [2.45, 2.75) is 50.2 Å². The van der Waals surface area contributed by atoms with Gasteiger partial charge in [0.2, 0.25) is 5.91 Å². The SMILES string of the molecule is CN1CCN(C(=O)CN(C)CC2CCC3(CCCC3)O2)CC1. The van der Waals surface area contributed by atoms with Gasteiger partial charge in [0.1, 0.15) is 0 Å². The van der Waals surface area contributed by atoms with Gasteiger partial charge in [-0.25, -0.2) is 0 Å². The van der Waals surface area contributed by atoms with Gasteiger partial charge in [-0.2, -0.15) is 0 Å². The van der Waals surface area contributed by atoms with E-state index in [2.05, 4.69) is 23.9 Å². The smallest absolute Gasteiger partial charge is 0.236 e. The number of piperazine rings is 1. The van der Waals surface area contributed by atoms with E-state index in [4.69, 9.17) is 4.74 Å². The molecule has 0 bridgehead atoms. The molecule has 0 aromatic rings. The van der Waals surface area contributed by atoms with E-state index >= 15 is 0 Å². The van der Waals surface area contributed by atoms with Crippen molar-refractivity contribution in [3.63, 3.8) is 0 Å². The third kappa shape index (κ3) is 3.81. The van der Waals surface area contributed by atoms with Crippen LogP contribution in [0.15, 0.2) is 0 Å². The number of hydrogen-bond acceptors (Lipinski definition) is 4. The third-order valence-electron chi connectivity index (χ3n) is 5.63. The Morgan fingerprint density at radius 2 is 1.86 bits per heavy atom. The highest BCUT2D eigenvalue weighted by Gasteiger charge is 2.42. The molecule has 1 atom stereocenters. The first kappa shape index (κ1) is 16.2. The van der Waals surface area contributed by atoms with Crippen LogP contribution >= 0.6 is 0 Å². The number of ether oxygens (including phenoxy) is 1. The predicted molar refractivity (Wildman–Crippen MR) is 86.9 cm³/mol. The topological polar surface area (TPSA) is 36.0 Å². The molecule has 2 aliphatic heterocycles. The van der Waals surface area contributed by atoms with Crippen LogP contribution in [0.2, 0.25) is 0 Å². The maximum atomic E-state index is 12.4. The van der Waals surface area contributed by atoms with Gasteiger partial charge in [-0.15, -0.1) is 0 Å². The van der Waals surface area contributed by atoms with Crippen LogP contribution in [-0.2, 0) is 9.53 Å². The second-order valence-electron chi connectivity index (χ2n) is 7.55. The molecule has 2 saturated heterocycles. The van der Waals surface area contributed by atoms with Crippen molar-refractivity contribution in [2.24, 2.45) is 0 Å². The summed E-state index contributed by atoms with van der Waals surface area (Å²) in [7, 11) is 4.17. The molecule has 2 heterocycles. The standard InChI is InChI=1S/C17H31N3O2/c1-18-9-11-20(12-10-18)16(21)14-19(2)13-15-5-8-17(22-15)6-3-4-7-17/h15H,3-14H2,1-2H3. The van der Waals surface area contributed by atoms with Gasteiger partial charge >= 0.3 is 0 Å². The third-order valence-corrected chi connectivity index (χ3v) is 5.63. The Labute approximate surface area is 134 Å². The van der Waals surface area contributed by atoms with Crippen molar-refractivity contribution in [2.75, 3.05) is 53.4 Å². The normalized spacial score (nSPS) is 28.9. The fraction of sp³-hybridized carbons (Fsp3) is 0.941. The van der Waals surface area contributed by atoms with Gasteiger partial charge in [-0.1, -0.05) is 12.8 Å². The van der Waals surface area contributed by atoms with Crippen LogP contribution in [0.3, 0.4) is 0 Å². The molecule has 5 nitrogen and oxygen atoms in total. The van der Waals surface area contributed by atoms with Crippen LogP contribution in [0.25, 0.3) is 0 Å². The lowest BCUT2D eigenvalue weighted by Gasteiger charge is -2.33. The lowest BCUT2D eigenvalue weighted by atomic mass is 9.98. The molecule has 1 unspecified atom stereocenters. The van der Waals surface area contributed by atoms with Gasteiger partial charge in [0.15, 0.2) is 0 Å². The summed E-state index contributed by atoms with van der Waals surface area (Å²) in [5.41, 5.74) is 0.201. The molecule has 1 amide bonds. The summed E-state index contributed by atoms with van der Waals surface area (Å²) in [6, 6.07) is 0. The van der Waals surface area contributed by atoms with Crippen LogP contribution < -0.4 is 0 Å². The van der Waals surface area contributed by atoms with Gasteiger partial charge in [0.05, 0.1) is 18.2 Å².